The fourth-order valence-corrected chi connectivity index (χ4v) is 3.76. The van der Waals surface area contributed by atoms with Crippen molar-refractivity contribution >= 4 is 63.5 Å². The molecule has 6 heteroatoms. The molecule has 23 heavy (non-hydrogen) atoms. The van der Waals surface area contributed by atoms with Gasteiger partial charge >= 0.3 is 0 Å². The summed E-state index contributed by atoms with van der Waals surface area (Å²) in [5, 5.41) is 0.852. The van der Waals surface area contributed by atoms with Crippen LogP contribution in [0.25, 0.3) is 6.08 Å². The van der Waals surface area contributed by atoms with E-state index in [1.54, 1.807) is 11.0 Å². The van der Waals surface area contributed by atoms with Crippen molar-refractivity contribution in [2.45, 2.75) is 6.54 Å². The maximum Gasteiger partial charge on any atom is 0.291 e. The van der Waals surface area contributed by atoms with Crippen LogP contribution in [0.15, 0.2) is 53.4 Å². The Morgan fingerprint density at radius 1 is 1.09 bits per heavy atom. The largest absolute Gasteiger partial charge is 0.291 e. The Morgan fingerprint density at radius 2 is 1.83 bits per heavy atom. The summed E-state index contributed by atoms with van der Waals surface area (Å²) in [4.78, 5) is 15.1. The lowest BCUT2D eigenvalue weighted by Gasteiger charge is -2.14. The minimum absolute atomic E-state index is 0.0803. The van der Waals surface area contributed by atoms with E-state index in [4.69, 9.17) is 35.4 Å². The van der Waals surface area contributed by atoms with Crippen LogP contribution in [-0.2, 0) is 6.54 Å². The number of thioether (sulfide) groups is 1. The zero-order valence-corrected chi connectivity index (χ0v) is 15.0. The average Bonchev–Trinajstić information content (AvgIpc) is 2.80. The van der Waals surface area contributed by atoms with Crippen LogP contribution < -0.4 is 0 Å². The highest BCUT2D eigenvalue weighted by atomic mass is 35.5. The van der Waals surface area contributed by atoms with Gasteiger partial charge in [0.05, 0.1) is 21.5 Å². The SMILES string of the molecule is O=C1S/C(=C/c2cccc(Cl)c2Cl)C(=S)N1Cc1ccccc1. The number of rotatable bonds is 3. The quantitative estimate of drug-likeness (QED) is 0.479. The molecule has 2 aromatic rings. The standard InChI is InChI=1S/C17H11Cl2NOS2/c18-13-8-4-7-12(15(13)19)9-14-16(22)20(17(21)23-14)10-11-5-2-1-3-6-11/h1-9H,10H2/b14-9+. The van der Waals surface area contributed by atoms with Crippen LogP contribution in [0.3, 0.4) is 0 Å². The van der Waals surface area contributed by atoms with Crippen LogP contribution >= 0.6 is 47.2 Å². The number of carbonyl (C=O) groups is 1. The molecule has 1 heterocycles. The molecule has 116 valence electrons. The van der Waals surface area contributed by atoms with Gasteiger partial charge in [-0.15, -0.1) is 0 Å². The van der Waals surface area contributed by atoms with E-state index in [9.17, 15) is 4.79 Å². The second kappa shape index (κ2) is 7.05. The van der Waals surface area contributed by atoms with Gasteiger partial charge in [-0.3, -0.25) is 9.69 Å². The van der Waals surface area contributed by atoms with Crippen molar-refractivity contribution in [2.75, 3.05) is 0 Å². The van der Waals surface area contributed by atoms with Gasteiger partial charge in [0.2, 0.25) is 0 Å². The van der Waals surface area contributed by atoms with Gasteiger partial charge in [0.15, 0.2) is 0 Å². The lowest BCUT2D eigenvalue weighted by Crippen LogP contribution is -2.26. The summed E-state index contributed by atoms with van der Waals surface area (Å²) < 4.78 is 0. The number of carbonyl (C=O) groups excluding carboxylic acids is 1. The Hall–Kier alpha value is -1.33. The lowest BCUT2D eigenvalue weighted by atomic mass is 10.2. The Labute approximate surface area is 154 Å². The van der Waals surface area contributed by atoms with Gasteiger partial charge in [0.1, 0.15) is 4.99 Å². The summed E-state index contributed by atoms with van der Waals surface area (Å²) in [6, 6.07) is 15.1. The van der Waals surface area contributed by atoms with Gasteiger partial charge in [0, 0.05) is 0 Å². The molecule has 2 nitrogen and oxygen atoms in total. The molecular formula is C17H11Cl2NOS2. The third-order valence-electron chi connectivity index (χ3n) is 3.33. The third-order valence-corrected chi connectivity index (χ3v) is 5.65. The van der Waals surface area contributed by atoms with Crippen molar-refractivity contribution in [1.82, 2.24) is 4.90 Å². The van der Waals surface area contributed by atoms with Gasteiger partial charge in [0.25, 0.3) is 5.24 Å². The van der Waals surface area contributed by atoms with Crippen LogP contribution in [-0.4, -0.2) is 15.1 Å². The predicted octanol–water partition coefficient (Wildman–Crippen LogP) is 6.03. The van der Waals surface area contributed by atoms with Crippen molar-refractivity contribution in [3.8, 4) is 0 Å². The van der Waals surface area contributed by atoms with Crippen molar-refractivity contribution in [3.63, 3.8) is 0 Å². The molecule has 1 aliphatic rings. The first-order valence-corrected chi connectivity index (χ1v) is 8.77. The molecule has 0 aromatic heterocycles. The normalized spacial score (nSPS) is 16.4. The summed E-state index contributed by atoms with van der Waals surface area (Å²) in [7, 11) is 0. The minimum Gasteiger partial charge on any atom is -0.288 e. The first-order chi connectivity index (χ1) is 11.1. The maximum absolute atomic E-state index is 12.2. The van der Waals surface area contributed by atoms with Gasteiger partial charge < -0.3 is 0 Å². The number of benzene rings is 2. The van der Waals surface area contributed by atoms with E-state index in [1.807, 2.05) is 48.5 Å². The monoisotopic (exact) mass is 379 g/mol. The van der Waals surface area contributed by atoms with Gasteiger partial charge in [-0.1, -0.05) is 77.9 Å². The van der Waals surface area contributed by atoms with E-state index in [2.05, 4.69) is 0 Å². The van der Waals surface area contributed by atoms with Crippen molar-refractivity contribution in [2.24, 2.45) is 0 Å². The number of hydrogen-bond acceptors (Lipinski definition) is 3. The van der Waals surface area contributed by atoms with Crippen LogP contribution in [0.2, 0.25) is 10.0 Å². The van der Waals surface area contributed by atoms with Crippen molar-refractivity contribution in [1.29, 1.82) is 0 Å². The van der Waals surface area contributed by atoms with E-state index < -0.39 is 0 Å². The minimum atomic E-state index is -0.0803. The highest BCUT2D eigenvalue weighted by Gasteiger charge is 2.31. The first-order valence-electron chi connectivity index (χ1n) is 6.79. The average molecular weight is 380 g/mol. The summed E-state index contributed by atoms with van der Waals surface area (Å²) in [6.07, 6.45) is 1.81. The number of thiocarbonyl (C=S) groups is 1. The van der Waals surface area contributed by atoms with Gasteiger partial charge in [-0.2, -0.15) is 0 Å². The van der Waals surface area contributed by atoms with E-state index in [0.29, 0.717) is 26.5 Å². The molecule has 1 saturated heterocycles. The number of halogens is 2. The Balaban J connectivity index is 1.86. The highest BCUT2D eigenvalue weighted by Crippen LogP contribution is 2.36. The molecular weight excluding hydrogens is 369 g/mol. The van der Waals surface area contributed by atoms with Crippen LogP contribution in [0.1, 0.15) is 11.1 Å². The molecule has 0 radical (unpaired) electrons. The molecule has 0 aliphatic carbocycles. The molecule has 1 amide bonds. The Kier molecular flexibility index (Phi) is 5.07. The Bertz CT molecular complexity index is 805. The zero-order valence-electron chi connectivity index (χ0n) is 11.8. The number of hydrogen-bond donors (Lipinski definition) is 0. The predicted molar refractivity (Wildman–Crippen MR) is 102 cm³/mol. The van der Waals surface area contributed by atoms with Crippen LogP contribution in [0.4, 0.5) is 4.79 Å². The molecule has 0 bridgehead atoms. The van der Waals surface area contributed by atoms with E-state index in [0.717, 1.165) is 22.9 Å². The molecule has 1 aliphatic heterocycles. The van der Waals surface area contributed by atoms with Crippen LogP contribution in [0, 0.1) is 0 Å². The van der Waals surface area contributed by atoms with Crippen molar-refractivity contribution < 1.29 is 4.79 Å². The molecule has 0 saturated carbocycles. The van der Waals surface area contributed by atoms with E-state index >= 15 is 0 Å². The molecule has 0 spiro atoms. The summed E-state index contributed by atoms with van der Waals surface area (Å²) in [5.41, 5.74) is 1.78. The highest BCUT2D eigenvalue weighted by molar-refractivity contribution is 8.19. The molecule has 0 N–H and O–H groups in total. The topological polar surface area (TPSA) is 20.3 Å². The lowest BCUT2D eigenvalue weighted by molar-refractivity contribution is 0.244. The zero-order chi connectivity index (χ0) is 16.4. The van der Waals surface area contributed by atoms with E-state index in [-0.39, 0.29) is 5.24 Å². The molecule has 3 rings (SSSR count). The Morgan fingerprint density at radius 3 is 2.57 bits per heavy atom. The molecule has 1 fully saturated rings. The van der Waals surface area contributed by atoms with E-state index in [1.165, 1.54) is 0 Å². The van der Waals surface area contributed by atoms with Crippen molar-refractivity contribution in [3.05, 3.63) is 74.6 Å². The summed E-state index contributed by atoms with van der Waals surface area (Å²) in [5.74, 6) is 0. The number of amides is 1. The summed E-state index contributed by atoms with van der Waals surface area (Å²) >= 11 is 18.8. The summed E-state index contributed by atoms with van der Waals surface area (Å²) in [6.45, 7) is 0.464. The van der Waals surface area contributed by atoms with Crippen LogP contribution in [0.5, 0.6) is 0 Å². The maximum atomic E-state index is 12.2. The third kappa shape index (κ3) is 3.61. The smallest absolute Gasteiger partial charge is 0.288 e. The van der Waals surface area contributed by atoms with Gasteiger partial charge in [-0.25, -0.2) is 0 Å². The molecule has 0 atom stereocenters. The first kappa shape index (κ1) is 16.5. The second-order valence-electron chi connectivity index (χ2n) is 4.90. The fourth-order valence-electron chi connectivity index (χ4n) is 2.18. The second-order valence-corrected chi connectivity index (χ2v) is 7.06. The fraction of sp³-hybridized carbons (Fsp3) is 0.0588. The van der Waals surface area contributed by atoms with Gasteiger partial charge in [-0.05, 0) is 35.0 Å². The molecule has 2 aromatic carbocycles. The number of nitrogens with zero attached hydrogens (tertiary/aromatic N) is 1. The molecule has 0 unspecified atom stereocenters.